The van der Waals surface area contributed by atoms with Crippen LogP contribution in [0.5, 0.6) is 11.5 Å². The quantitative estimate of drug-likeness (QED) is 0.454. The Hall–Kier alpha value is -2.18. The lowest BCUT2D eigenvalue weighted by atomic mass is 10.1. The maximum atomic E-state index is 12.8. The van der Waals surface area contributed by atoms with E-state index in [4.69, 9.17) is 21.1 Å². The molecule has 0 saturated heterocycles. The first-order valence-electron chi connectivity index (χ1n) is 7.99. The average molecular weight is 391 g/mol. The van der Waals surface area contributed by atoms with Gasteiger partial charge in [0.1, 0.15) is 0 Å². The van der Waals surface area contributed by atoms with Crippen molar-refractivity contribution in [3.05, 3.63) is 47.0 Å². The Balaban J connectivity index is 1.85. The zero-order valence-corrected chi connectivity index (χ0v) is 16.5. The van der Waals surface area contributed by atoms with Crippen molar-refractivity contribution in [2.75, 3.05) is 14.2 Å². The van der Waals surface area contributed by atoms with Crippen LogP contribution in [-0.4, -0.2) is 34.8 Å². The molecule has 1 unspecified atom stereocenters. The van der Waals surface area contributed by atoms with Crippen molar-refractivity contribution in [1.29, 1.82) is 0 Å². The number of thioether (sulfide) groups is 1. The molecule has 0 spiro atoms. The van der Waals surface area contributed by atoms with Crippen molar-refractivity contribution in [3.8, 4) is 11.5 Å². The number of ether oxygens (including phenoxy) is 2. The zero-order valence-electron chi connectivity index (χ0n) is 14.9. The lowest BCUT2D eigenvalue weighted by Crippen LogP contribution is -2.14. The molecule has 0 amide bonds. The van der Waals surface area contributed by atoms with E-state index in [9.17, 15) is 4.79 Å². The molecular formula is C19H19ClN2O3S. The largest absolute Gasteiger partial charge is 0.493 e. The number of halogens is 1. The van der Waals surface area contributed by atoms with Crippen LogP contribution in [-0.2, 0) is 7.05 Å². The monoisotopic (exact) mass is 390 g/mol. The Bertz CT molecular complexity index is 971. The molecule has 0 aliphatic heterocycles. The molecule has 7 heteroatoms. The van der Waals surface area contributed by atoms with Crippen molar-refractivity contribution in [2.24, 2.45) is 7.05 Å². The van der Waals surface area contributed by atoms with Crippen LogP contribution in [0, 0.1) is 0 Å². The molecule has 136 valence electrons. The summed E-state index contributed by atoms with van der Waals surface area (Å²) in [5.41, 5.74) is 2.36. The Kier molecular flexibility index (Phi) is 5.44. The van der Waals surface area contributed by atoms with Crippen LogP contribution in [0.3, 0.4) is 0 Å². The predicted molar refractivity (Wildman–Crippen MR) is 105 cm³/mol. The van der Waals surface area contributed by atoms with Crippen LogP contribution >= 0.6 is 23.4 Å². The maximum absolute atomic E-state index is 12.8. The summed E-state index contributed by atoms with van der Waals surface area (Å²) < 4.78 is 12.5. The number of fused-ring (bicyclic) bond motifs is 1. The second-order valence-electron chi connectivity index (χ2n) is 5.78. The number of hydrogen-bond acceptors (Lipinski definition) is 5. The summed E-state index contributed by atoms with van der Waals surface area (Å²) in [5, 5.41) is 1.10. The molecule has 0 aliphatic carbocycles. The van der Waals surface area contributed by atoms with E-state index in [0.717, 1.165) is 16.2 Å². The molecular weight excluding hydrogens is 372 g/mol. The van der Waals surface area contributed by atoms with Crippen molar-refractivity contribution in [2.45, 2.75) is 17.3 Å². The van der Waals surface area contributed by atoms with Gasteiger partial charge in [0, 0.05) is 17.6 Å². The highest BCUT2D eigenvalue weighted by atomic mass is 35.5. The minimum absolute atomic E-state index is 0.000964. The second-order valence-corrected chi connectivity index (χ2v) is 7.52. The average Bonchev–Trinajstić information content (AvgIpc) is 2.95. The first-order valence-corrected chi connectivity index (χ1v) is 9.25. The second kappa shape index (κ2) is 7.60. The van der Waals surface area contributed by atoms with E-state index in [1.807, 2.05) is 36.7 Å². The number of Topliss-reactive ketones (excluding diaryl/α,β-unsaturated/α-hetero) is 1. The molecule has 1 heterocycles. The van der Waals surface area contributed by atoms with E-state index in [1.165, 1.54) is 11.8 Å². The number of benzene rings is 2. The maximum Gasteiger partial charge on any atom is 0.176 e. The number of methoxy groups -OCH3 is 2. The highest BCUT2D eigenvalue weighted by Crippen LogP contribution is 2.32. The van der Waals surface area contributed by atoms with Crippen LogP contribution in [0.2, 0.25) is 5.02 Å². The van der Waals surface area contributed by atoms with E-state index in [0.29, 0.717) is 22.1 Å². The fourth-order valence-corrected chi connectivity index (χ4v) is 3.83. The Morgan fingerprint density at radius 3 is 2.58 bits per heavy atom. The Morgan fingerprint density at radius 2 is 1.88 bits per heavy atom. The fraction of sp³-hybridized carbons (Fsp3) is 0.263. The van der Waals surface area contributed by atoms with Crippen LogP contribution in [0.4, 0.5) is 0 Å². The molecule has 26 heavy (non-hydrogen) atoms. The zero-order chi connectivity index (χ0) is 18.8. The number of aryl methyl sites for hydroxylation is 1. The molecule has 5 nitrogen and oxygen atoms in total. The van der Waals surface area contributed by atoms with Crippen molar-refractivity contribution in [1.82, 2.24) is 9.55 Å². The number of hydrogen-bond donors (Lipinski definition) is 0. The van der Waals surface area contributed by atoms with Crippen LogP contribution in [0.25, 0.3) is 11.0 Å². The Labute approximate surface area is 161 Å². The lowest BCUT2D eigenvalue weighted by Gasteiger charge is -2.12. The summed E-state index contributed by atoms with van der Waals surface area (Å²) in [4.78, 5) is 17.4. The van der Waals surface area contributed by atoms with Gasteiger partial charge in [-0.3, -0.25) is 4.79 Å². The normalized spacial score (nSPS) is 12.2. The number of nitrogens with zero attached hydrogens (tertiary/aromatic N) is 2. The number of imidazole rings is 1. The van der Waals surface area contributed by atoms with Gasteiger partial charge in [-0.2, -0.15) is 0 Å². The first kappa shape index (κ1) is 18.6. The third-order valence-electron chi connectivity index (χ3n) is 4.12. The smallest absolute Gasteiger partial charge is 0.176 e. The van der Waals surface area contributed by atoms with E-state index in [1.54, 1.807) is 32.4 Å². The summed E-state index contributed by atoms with van der Waals surface area (Å²) >= 11 is 7.45. The third-order valence-corrected chi connectivity index (χ3v) is 5.50. The molecule has 1 aromatic heterocycles. The van der Waals surface area contributed by atoms with Gasteiger partial charge in [0.25, 0.3) is 0 Å². The number of carbonyl (C=O) groups excluding carboxylic acids is 1. The van der Waals surface area contributed by atoms with Crippen molar-refractivity contribution in [3.63, 3.8) is 0 Å². The van der Waals surface area contributed by atoms with Gasteiger partial charge in [-0.25, -0.2) is 4.98 Å². The highest BCUT2D eigenvalue weighted by molar-refractivity contribution is 8.00. The first-order chi connectivity index (χ1) is 12.4. The molecule has 0 radical (unpaired) electrons. The van der Waals surface area contributed by atoms with Gasteiger partial charge in [-0.05, 0) is 43.3 Å². The highest BCUT2D eigenvalue weighted by Gasteiger charge is 2.21. The molecule has 1 atom stereocenters. The van der Waals surface area contributed by atoms with Crippen LogP contribution in [0.1, 0.15) is 17.3 Å². The number of rotatable bonds is 6. The van der Waals surface area contributed by atoms with E-state index in [-0.39, 0.29) is 11.0 Å². The summed E-state index contributed by atoms with van der Waals surface area (Å²) in [6.45, 7) is 1.87. The van der Waals surface area contributed by atoms with Crippen LogP contribution < -0.4 is 9.47 Å². The third kappa shape index (κ3) is 3.52. The summed E-state index contributed by atoms with van der Waals surface area (Å²) in [5.74, 6) is 1.13. The molecule has 0 aliphatic rings. The van der Waals surface area contributed by atoms with Gasteiger partial charge in [0.2, 0.25) is 0 Å². The van der Waals surface area contributed by atoms with E-state index in [2.05, 4.69) is 4.98 Å². The Morgan fingerprint density at radius 1 is 1.15 bits per heavy atom. The standard InChI is InChI=1S/C19H19ClN2O3S/c1-11(18(23)12-5-8-16(24-3)17(9-12)25-4)26-19-21-14-10-13(20)6-7-15(14)22(19)2/h5-11H,1-4H3. The van der Waals surface area contributed by atoms with Gasteiger partial charge in [-0.15, -0.1) is 0 Å². The molecule has 0 bridgehead atoms. The number of aromatic nitrogens is 2. The fourth-order valence-electron chi connectivity index (χ4n) is 2.69. The van der Waals surface area contributed by atoms with E-state index >= 15 is 0 Å². The van der Waals surface area contributed by atoms with Gasteiger partial charge >= 0.3 is 0 Å². The van der Waals surface area contributed by atoms with E-state index < -0.39 is 0 Å². The van der Waals surface area contributed by atoms with Crippen molar-refractivity contribution >= 4 is 40.2 Å². The van der Waals surface area contributed by atoms with Gasteiger partial charge in [-0.1, -0.05) is 23.4 Å². The van der Waals surface area contributed by atoms with Gasteiger partial charge in [0.15, 0.2) is 22.4 Å². The lowest BCUT2D eigenvalue weighted by molar-refractivity contribution is 0.0993. The molecule has 3 aromatic rings. The molecule has 2 aromatic carbocycles. The molecule has 0 fully saturated rings. The predicted octanol–water partition coefficient (Wildman–Crippen LogP) is 4.61. The number of ketones is 1. The topological polar surface area (TPSA) is 53.3 Å². The van der Waals surface area contributed by atoms with Crippen molar-refractivity contribution < 1.29 is 14.3 Å². The summed E-state index contributed by atoms with van der Waals surface area (Å²) in [7, 11) is 5.05. The summed E-state index contributed by atoms with van der Waals surface area (Å²) in [6.07, 6.45) is 0. The van der Waals surface area contributed by atoms with Crippen LogP contribution in [0.15, 0.2) is 41.6 Å². The minimum atomic E-state index is -0.306. The molecule has 3 rings (SSSR count). The number of carbonyl (C=O) groups is 1. The SMILES string of the molecule is COc1ccc(C(=O)C(C)Sc2nc3cc(Cl)ccc3n2C)cc1OC. The molecule has 0 saturated carbocycles. The van der Waals surface area contributed by atoms with Gasteiger partial charge < -0.3 is 14.0 Å². The minimum Gasteiger partial charge on any atom is -0.493 e. The summed E-state index contributed by atoms with van der Waals surface area (Å²) in [6, 6.07) is 10.8. The van der Waals surface area contributed by atoms with Gasteiger partial charge in [0.05, 0.1) is 30.5 Å². The molecule has 0 N–H and O–H groups in total.